The number of nitrogens with one attached hydrogen (secondary N) is 1. The summed E-state index contributed by atoms with van der Waals surface area (Å²) in [4.78, 5) is 1.46. The Hall–Kier alpha value is -1.27. The van der Waals surface area contributed by atoms with Gasteiger partial charge in [0.15, 0.2) is 0 Å². The first-order chi connectivity index (χ1) is 9.83. The van der Waals surface area contributed by atoms with Crippen molar-refractivity contribution in [1.29, 1.82) is 0 Å². The van der Waals surface area contributed by atoms with Gasteiger partial charge < -0.3 is 10.4 Å². The van der Waals surface area contributed by atoms with Crippen molar-refractivity contribution in [1.82, 2.24) is 10.2 Å². The van der Waals surface area contributed by atoms with Crippen molar-refractivity contribution in [3.8, 4) is 5.75 Å². The van der Waals surface area contributed by atoms with Gasteiger partial charge in [0.25, 0.3) is 0 Å². The van der Waals surface area contributed by atoms with Gasteiger partial charge in [-0.2, -0.15) is 13.2 Å². The van der Waals surface area contributed by atoms with Crippen LogP contribution in [-0.4, -0.2) is 42.4 Å². The van der Waals surface area contributed by atoms with Gasteiger partial charge in [0.05, 0.1) is 6.54 Å². The average molecular weight is 302 g/mol. The second kappa shape index (κ2) is 6.66. The maximum atomic E-state index is 12.3. The number of benzene rings is 1. The molecule has 0 aromatic heterocycles. The molecule has 0 saturated carbocycles. The van der Waals surface area contributed by atoms with Crippen molar-refractivity contribution < 1.29 is 18.3 Å². The predicted molar refractivity (Wildman–Crippen MR) is 75.1 cm³/mol. The molecule has 0 aliphatic carbocycles. The minimum Gasteiger partial charge on any atom is -0.508 e. The number of phenols is 1. The lowest BCUT2D eigenvalue weighted by Gasteiger charge is -2.20. The van der Waals surface area contributed by atoms with E-state index in [-0.39, 0.29) is 17.7 Å². The van der Waals surface area contributed by atoms with Gasteiger partial charge in [0.1, 0.15) is 5.75 Å². The number of likely N-dealkylation sites (tertiary alicyclic amines) is 1. The molecule has 0 amide bonds. The Morgan fingerprint density at radius 1 is 1.43 bits per heavy atom. The van der Waals surface area contributed by atoms with Crippen LogP contribution in [0.3, 0.4) is 0 Å². The summed E-state index contributed by atoms with van der Waals surface area (Å²) >= 11 is 0. The number of hydrogen-bond donors (Lipinski definition) is 2. The van der Waals surface area contributed by atoms with Crippen molar-refractivity contribution in [2.75, 3.05) is 26.2 Å². The van der Waals surface area contributed by atoms with Gasteiger partial charge in [0, 0.05) is 12.6 Å². The topological polar surface area (TPSA) is 35.5 Å². The first kappa shape index (κ1) is 16.1. The molecular formula is C15H21F3N2O. The summed E-state index contributed by atoms with van der Waals surface area (Å²) in [5.41, 5.74) is 0.972. The Morgan fingerprint density at radius 3 is 2.86 bits per heavy atom. The van der Waals surface area contributed by atoms with Crippen LogP contribution in [-0.2, 0) is 0 Å². The fourth-order valence-corrected chi connectivity index (χ4v) is 2.73. The fourth-order valence-electron chi connectivity index (χ4n) is 2.73. The SMILES string of the molecule is CC(NCC1CCN(CC(F)(F)F)C1)c1cccc(O)c1. The molecule has 3 nitrogen and oxygen atoms in total. The molecule has 21 heavy (non-hydrogen) atoms. The van der Waals surface area contributed by atoms with E-state index in [1.807, 2.05) is 13.0 Å². The number of nitrogens with zero attached hydrogens (tertiary/aromatic N) is 1. The molecule has 1 aromatic carbocycles. The molecule has 2 atom stereocenters. The zero-order chi connectivity index (χ0) is 15.5. The van der Waals surface area contributed by atoms with Crippen LogP contribution >= 0.6 is 0 Å². The minimum atomic E-state index is -4.11. The van der Waals surface area contributed by atoms with E-state index in [9.17, 15) is 18.3 Å². The fraction of sp³-hybridized carbons (Fsp3) is 0.600. The zero-order valence-electron chi connectivity index (χ0n) is 12.0. The Labute approximate surface area is 122 Å². The lowest BCUT2D eigenvalue weighted by Crippen LogP contribution is -2.34. The summed E-state index contributed by atoms with van der Waals surface area (Å²) in [6, 6.07) is 7.07. The Balaban J connectivity index is 1.77. The largest absolute Gasteiger partial charge is 0.508 e. The highest BCUT2D eigenvalue weighted by atomic mass is 19.4. The lowest BCUT2D eigenvalue weighted by atomic mass is 10.1. The van der Waals surface area contributed by atoms with Crippen LogP contribution in [0.15, 0.2) is 24.3 Å². The number of alkyl halides is 3. The Morgan fingerprint density at radius 2 is 2.19 bits per heavy atom. The Bertz CT molecular complexity index is 464. The zero-order valence-corrected chi connectivity index (χ0v) is 12.0. The molecule has 1 fully saturated rings. The van der Waals surface area contributed by atoms with E-state index in [1.54, 1.807) is 18.2 Å². The number of rotatable bonds is 5. The van der Waals surface area contributed by atoms with Crippen molar-refractivity contribution >= 4 is 0 Å². The summed E-state index contributed by atoms with van der Waals surface area (Å²) in [5, 5.41) is 12.8. The summed E-state index contributed by atoms with van der Waals surface area (Å²) in [5.74, 6) is 0.463. The summed E-state index contributed by atoms with van der Waals surface area (Å²) < 4.78 is 37.0. The third-order valence-corrected chi connectivity index (χ3v) is 3.86. The normalized spacial score (nSPS) is 21.6. The smallest absolute Gasteiger partial charge is 0.401 e. The van der Waals surface area contributed by atoms with Crippen LogP contribution in [0.1, 0.15) is 24.9 Å². The molecule has 1 aromatic rings. The van der Waals surface area contributed by atoms with Gasteiger partial charge in [-0.15, -0.1) is 0 Å². The van der Waals surface area contributed by atoms with E-state index in [1.165, 1.54) is 4.90 Å². The standard InChI is InChI=1S/C15H21F3N2O/c1-11(13-3-2-4-14(21)7-13)19-8-12-5-6-20(9-12)10-15(16,17)18/h2-4,7,11-12,19,21H,5-6,8-10H2,1H3. The quantitative estimate of drug-likeness (QED) is 0.878. The first-order valence-electron chi connectivity index (χ1n) is 7.15. The monoisotopic (exact) mass is 302 g/mol. The third kappa shape index (κ3) is 5.21. The third-order valence-electron chi connectivity index (χ3n) is 3.86. The van der Waals surface area contributed by atoms with E-state index in [4.69, 9.17) is 0 Å². The van der Waals surface area contributed by atoms with E-state index in [0.717, 1.165) is 12.0 Å². The summed E-state index contributed by atoms with van der Waals surface area (Å²) in [6.45, 7) is 2.85. The van der Waals surface area contributed by atoms with Crippen LogP contribution < -0.4 is 5.32 Å². The molecule has 0 radical (unpaired) electrons. The first-order valence-corrected chi connectivity index (χ1v) is 7.15. The van der Waals surface area contributed by atoms with Crippen molar-refractivity contribution in [3.63, 3.8) is 0 Å². The minimum absolute atomic E-state index is 0.0637. The van der Waals surface area contributed by atoms with Crippen LogP contribution in [0.4, 0.5) is 13.2 Å². The van der Waals surface area contributed by atoms with Crippen LogP contribution in [0.2, 0.25) is 0 Å². The Kier molecular flexibility index (Phi) is 5.11. The van der Waals surface area contributed by atoms with Crippen LogP contribution in [0.25, 0.3) is 0 Å². The van der Waals surface area contributed by atoms with Crippen molar-refractivity contribution in [3.05, 3.63) is 29.8 Å². The van der Waals surface area contributed by atoms with Gasteiger partial charge >= 0.3 is 6.18 Å². The highest BCUT2D eigenvalue weighted by Crippen LogP contribution is 2.23. The van der Waals surface area contributed by atoms with Crippen molar-refractivity contribution in [2.45, 2.75) is 25.6 Å². The van der Waals surface area contributed by atoms with Gasteiger partial charge in [0.2, 0.25) is 0 Å². The lowest BCUT2D eigenvalue weighted by molar-refractivity contribution is -0.143. The molecule has 1 saturated heterocycles. The number of aromatic hydroxyl groups is 1. The second-order valence-corrected chi connectivity index (χ2v) is 5.73. The van der Waals surface area contributed by atoms with E-state index in [2.05, 4.69) is 5.32 Å². The van der Waals surface area contributed by atoms with Crippen LogP contribution in [0, 0.1) is 5.92 Å². The van der Waals surface area contributed by atoms with Gasteiger partial charge in [-0.1, -0.05) is 12.1 Å². The van der Waals surface area contributed by atoms with E-state index in [0.29, 0.717) is 19.6 Å². The molecule has 0 bridgehead atoms. The summed E-state index contributed by atoms with van der Waals surface area (Å²) in [6.07, 6.45) is -3.33. The second-order valence-electron chi connectivity index (χ2n) is 5.73. The molecule has 1 heterocycles. The molecule has 2 rings (SSSR count). The average Bonchev–Trinajstić information content (AvgIpc) is 2.81. The molecule has 6 heteroatoms. The maximum absolute atomic E-state index is 12.3. The molecular weight excluding hydrogens is 281 g/mol. The molecule has 2 unspecified atom stereocenters. The van der Waals surface area contributed by atoms with Gasteiger partial charge in [-0.3, -0.25) is 4.90 Å². The number of phenolic OH excluding ortho intramolecular Hbond substituents is 1. The molecule has 1 aliphatic rings. The summed E-state index contributed by atoms with van der Waals surface area (Å²) in [7, 11) is 0. The van der Waals surface area contributed by atoms with Gasteiger partial charge in [-0.05, 0) is 50.0 Å². The highest BCUT2D eigenvalue weighted by Gasteiger charge is 2.34. The molecule has 2 N–H and O–H groups in total. The molecule has 118 valence electrons. The molecule has 0 spiro atoms. The van der Waals surface area contributed by atoms with E-state index < -0.39 is 12.7 Å². The number of hydrogen-bond acceptors (Lipinski definition) is 3. The van der Waals surface area contributed by atoms with Crippen molar-refractivity contribution in [2.24, 2.45) is 5.92 Å². The predicted octanol–water partition coefficient (Wildman–Crippen LogP) is 2.93. The van der Waals surface area contributed by atoms with E-state index >= 15 is 0 Å². The van der Waals surface area contributed by atoms with Crippen LogP contribution in [0.5, 0.6) is 5.75 Å². The highest BCUT2D eigenvalue weighted by molar-refractivity contribution is 5.28. The maximum Gasteiger partial charge on any atom is 0.401 e. The van der Waals surface area contributed by atoms with Gasteiger partial charge in [-0.25, -0.2) is 0 Å². The molecule has 1 aliphatic heterocycles. The number of halogens is 3.